The molecule has 0 bridgehead atoms. The molecule has 5 aromatic rings. The third-order valence-corrected chi connectivity index (χ3v) is 8.58. The normalized spacial score (nSPS) is 14.2. The summed E-state index contributed by atoms with van der Waals surface area (Å²) in [4.78, 5) is 43.6. The number of aromatic nitrogens is 1. The van der Waals surface area contributed by atoms with Crippen LogP contribution in [0.2, 0.25) is 0 Å². The van der Waals surface area contributed by atoms with E-state index in [2.05, 4.69) is 0 Å². The van der Waals surface area contributed by atoms with Gasteiger partial charge < -0.3 is 14.2 Å². The lowest BCUT2D eigenvalue weighted by molar-refractivity contribution is -0.384. The van der Waals surface area contributed by atoms with Crippen molar-refractivity contribution in [2.75, 3.05) is 13.2 Å². The average molecular weight is 662 g/mol. The van der Waals surface area contributed by atoms with E-state index in [0.717, 1.165) is 16.7 Å². The number of hydrogen-bond acceptors (Lipinski definition) is 9. The summed E-state index contributed by atoms with van der Waals surface area (Å²) in [5.74, 6) is 0.442. The molecule has 2 heterocycles. The Labute approximate surface area is 279 Å². The van der Waals surface area contributed by atoms with Crippen molar-refractivity contribution in [3.05, 3.63) is 161 Å². The quantitative estimate of drug-likeness (QED) is 0.0993. The van der Waals surface area contributed by atoms with Gasteiger partial charge in [0.05, 0.1) is 40.0 Å². The van der Waals surface area contributed by atoms with Gasteiger partial charge in [-0.3, -0.25) is 19.5 Å². The average Bonchev–Trinajstić information content (AvgIpc) is 3.42. The zero-order valence-corrected chi connectivity index (χ0v) is 27.0. The number of carbonyl (C=O) groups is 1. The molecule has 0 unspecified atom stereocenters. The first-order valence-corrected chi connectivity index (χ1v) is 16.2. The summed E-state index contributed by atoms with van der Waals surface area (Å²) in [6, 6.07) is 29.6. The van der Waals surface area contributed by atoms with Crippen molar-refractivity contribution in [1.29, 1.82) is 0 Å². The molecule has 11 heteroatoms. The summed E-state index contributed by atoms with van der Waals surface area (Å²) in [5, 5.41) is 11.0. The molecule has 0 radical (unpaired) electrons. The fraction of sp³-hybridized carbons (Fsp3) is 0.162. The lowest BCUT2D eigenvalue weighted by atomic mass is 9.93. The van der Waals surface area contributed by atoms with Crippen molar-refractivity contribution >= 4 is 34.8 Å². The monoisotopic (exact) mass is 661 g/mol. The van der Waals surface area contributed by atoms with Crippen molar-refractivity contribution in [2.24, 2.45) is 4.99 Å². The lowest BCUT2D eigenvalue weighted by Gasteiger charge is -2.25. The lowest BCUT2D eigenvalue weighted by Crippen LogP contribution is -2.39. The van der Waals surface area contributed by atoms with E-state index in [4.69, 9.17) is 19.2 Å². The predicted molar refractivity (Wildman–Crippen MR) is 183 cm³/mol. The molecule has 0 amide bonds. The van der Waals surface area contributed by atoms with E-state index in [0.29, 0.717) is 44.3 Å². The Balaban J connectivity index is 1.42. The molecule has 10 nitrogen and oxygen atoms in total. The number of carbonyl (C=O) groups excluding carboxylic acids is 1. The summed E-state index contributed by atoms with van der Waals surface area (Å²) >= 11 is 1.24. The van der Waals surface area contributed by atoms with Crippen LogP contribution >= 0.6 is 11.3 Å². The molecular weight excluding hydrogens is 630 g/mol. The van der Waals surface area contributed by atoms with E-state index < -0.39 is 16.9 Å². The van der Waals surface area contributed by atoms with Gasteiger partial charge in [0.15, 0.2) is 16.3 Å². The van der Waals surface area contributed by atoms with Crippen LogP contribution in [-0.2, 0) is 16.1 Å². The van der Waals surface area contributed by atoms with Crippen LogP contribution < -0.4 is 24.4 Å². The number of nitro groups is 1. The number of ether oxygens (including phenoxy) is 3. The molecule has 1 aliphatic heterocycles. The molecule has 1 aromatic heterocycles. The first-order valence-electron chi connectivity index (χ1n) is 15.3. The Bertz CT molecular complexity index is 2170. The maximum Gasteiger partial charge on any atom is 0.338 e. The third kappa shape index (κ3) is 6.67. The van der Waals surface area contributed by atoms with Crippen molar-refractivity contribution in [2.45, 2.75) is 26.5 Å². The molecule has 4 aromatic carbocycles. The molecule has 0 saturated carbocycles. The SMILES string of the molecule is CCOC(=O)C1=C(c2ccccc2)N=c2s/c(=C\c3ccc(OCc4ccc([N+](=O)[O-])cc4)c(OCC)c3)c(=O)n2[C@H]1c1ccccc1. The standard InChI is InChI=1S/C37H31N3O7S/c1-3-45-30-21-25(17-20-29(30)47-23-24-15-18-28(19-16-24)40(43)44)22-31-35(41)39-34(27-13-9-6-10-14-27)32(36(42)46-4-2)33(38-37(39)48-31)26-11-7-5-8-12-26/h5-22,34H,3-4,23H2,1-2H3/b31-22-/t34-/m0/s1. The number of rotatable bonds is 11. The molecule has 0 aliphatic carbocycles. The minimum absolute atomic E-state index is 0.00637. The summed E-state index contributed by atoms with van der Waals surface area (Å²) < 4.78 is 19.4. The molecule has 1 atom stereocenters. The topological polar surface area (TPSA) is 122 Å². The predicted octanol–water partition coefficient (Wildman–Crippen LogP) is 5.82. The van der Waals surface area contributed by atoms with Gasteiger partial charge in [0.1, 0.15) is 6.61 Å². The second-order valence-electron chi connectivity index (χ2n) is 10.7. The van der Waals surface area contributed by atoms with Gasteiger partial charge in [-0.2, -0.15) is 0 Å². The fourth-order valence-corrected chi connectivity index (χ4v) is 6.42. The summed E-state index contributed by atoms with van der Waals surface area (Å²) in [7, 11) is 0. The Morgan fingerprint density at radius 2 is 1.62 bits per heavy atom. The number of esters is 1. The molecular formula is C37H31N3O7S. The molecule has 48 heavy (non-hydrogen) atoms. The van der Waals surface area contributed by atoms with Crippen LogP contribution in [-0.4, -0.2) is 28.7 Å². The van der Waals surface area contributed by atoms with Crippen molar-refractivity contribution < 1.29 is 23.9 Å². The highest BCUT2D eigenvalue weighted by Gasteiger charge is 2.35. The Hall–Kier alpha value is -5.81. The molecule has 0 fully saturated rings. The maximum atomic E-state index is 14.2. The van der Waals surface area contributed by atoms with Crippen LogP contribution in [0.15, 0.2) is 118 Å². The number of hydrogen-bond donors (Lipinski definition) is 0. The number of fused-ring (bicyclic) bond motifs is 1. The Kier molecular flexibility index (Phi) is 9.58. The van der Waals surface area contributed by atoms with Gasteiger partial charge in [-0.25, -0.2) is 9.79 Å². The molecule has 6 rings (SSSR count). The Morgan fingerprint density at radius 3 is 2.29 bits per heavy atom. The fourth-order valence-electron chi connectivity index (χ4n) is 5.42. The van der Waals surface area contributed by atoms with E-state index in [-0.39, 0.29) is 24.5 Å². The second-order valence-corrected chi connectivity index (χ2v) is 11.7. The first kappa shape index (κ1) is 32.1. The van der Waals surface area contributed by atoms with Crippen LogP contribution in [0.4, 0.5) is 5.69 Å². The second kappa shape index (κ2) is 14.3. The minimum atomic E-state index is -0.756. The van der Waals surface area contributed by atoms with Gasteiger partial charge in [-0.15, -0.1) is 0 Å². The number of nitrogens with zero attached hydrogens (tertiary/aromatic N) is 3. The maximum absolute atomic E-state index is 14.2. The van der Waals surface area contributed by atoms with Crippen molar-refractivity contribution in [3.63, 3.8) is 0 Å². The van der Waals surface area contributed by atoms with Gasteiger partial charge in [0.2, 0.25) is 0 Å². The highest BCUT2D eigenvalue weighted by Crippen LogP contribution is 2.35. The van der Waals surface area contributed by atoms with Crippen LogP contribution in [0.5, 0.6) is 11.5 Å². The summed E-state index contributed by atoms with van der Waals surface area (Å²) in [6.07, 6.45) is 1.77. The highest BCUT2D eigenvalue weighted by atomic mass is 32.1. The number of thiazole rings is 1. The minimum Gasteiger partial charge on any atom is -0.490 e. The van der Waals surface area contributed by atoms with E-state index in [1.54, 1.807) is 41.8 Å². The van der Waals surface area contributed by atoms with E-state index in [1.165, 1.54) is 23.5 Å². The van der Waals surface area contributed by atoms with Gasteiger partial charge in [0.25, 0.3) is 11.2 Å². The van der Waals surface area contributed by atoms with Crippen LogP contribution in [0.25, 0.3) is 11.8 Å². The molecule has 242 valence electrons. The molecule has 0 spiro atoms. The zero-order chi connectivity index (χ0) is 33.6. The van der Waals surface area contributed by atoms with Crippen LogP contribution in [0.1, 0.15) is 42.1 Å². The highest BCUT2D eigenvalue weighted by molar-refractivity contribution is 7.07. The first-order chi connectivity index (χ1) is 23.4. The van der Waals surface area contributed by atoms with Gasteiger partial charge in [-0.05, 0) is 60.9 Å². The van der Waals surface area contributed by atoms with E-state index in [9.17, 15) is 19.7 Å². The van der Waals surface area contributed by atoms with Crippen molar-refractivity contribution in [1.82, 2.24) is 4.57 Å². The molecule has 1 aliphatic rings. The van der Waals surface area contributed by atoms with Crippen molar-refractivity contribution in [3.8, 4) is 11.5 Å². The van der Waals surface area contributed by atoms with Crippen LogP contribution in [0, 0.1) is 10.1 Å². The zero-order valence-electron chi connectivity index (χ0n) is 26.2. The van der Waals surface area contributed by atoms with Gasteiger partial charge in [-0.1, -0.05) is 78.1 Å². The number of benzene rings is 4. The molecule has 0 saturated heterocycles. The van der Waals surface area contributed by atoms with Crippen LogP contribution in [0.3, 0.4) is 0 Å². The Morgan fingerprint density at radius 1 is 0.917 bits per heavy atom. The number of nitro benzene ring substituents is 1. The number of non-ortho nitro benzene ring substituents is 1. The van der Waals surface area contributed by atoms with Gasteiger partial charge >= 0.3 is 5.97 Å². The third-order valence-electron chi connectivity index (χ3n) is 7.60. The largest absolute Gasteiger partial charge is 0.490 e. The smallest absolute Gasteiger partial charge is 0.338 e. The molecule has 0 N–H and O–H groups in total. The van der Waals surface area contributed by atoms with E-state index in [1.807, 2.05) is 73.7 Å². The van der Waals surface area contributed by atoms with E-state index >= 15 is 0 Å². The summed E-state index contributed by atoms with van der Waals surface area (Å²) in [5.41, 5.74) is 3.43. The summed E-state index contributed by atoms with van der Waals surface area (Å²) in [6.45, 7) is 4.35. The van der Waals surface area contributed by atoms with Gasteiger partial charge in [0, 0.05) is 17.7 Å².